The van der Waals surface area contributed by atoms with Gasteiger partial charge in [-0.1, -0.05) is 20.8 Å². The Morgan fingerprint density at radius 2 is 1.86 bits per heavy atom. The molecule has 0 aliphatic rings. The van der Waals surface area contributed by atoms with Gasteiger partial charge in [-0.05, 0) is 38.3 Å². The molecule has 0 aromatic rings. The minimum Gasteiger partial charge on any atom is -0.380 e. The number of hydrogen-bond donors (Lipinski definition) is 2. The quantitative estimate of drug-likeness (QED) is 0.471. The maximum atomic E-state index is 11.9. The fraction of sp³-hybridized carbons (Fsp3) is 1.00. The molecule has 0 atom stereocenters. The van der Waals surface area contributed by atoms with Gasteiger partial charge in [-0.15, -0.1) is 0 Å². The summed E-state index contributed by atoms with van der Waals surface area (Å²) in [5.41, 5.74) is 0. The van der Waals surface area contributed by atoms with Gasteiger partial charge in [-0.25, -0.2) is 0 Å². The normalized spacial score (nSPS) is 12.5. The van der Waals surface area contributed by atoms with Crippen LogP contribution in [0.15, 0.2) is 0 Å². The second-order valence-electron chi connectivity index (χ2n) is 5.62. The number of nitrogens with one attached hydrogen (secondary N) is 2. The van der Waals surface area contributed by atoms with Crippen LogP contribution in [-0.2, 0) is 14.9 Å². The average molecular weight is 324 g/mol. The lowest BCUT2D eigenvalue weighted by Crippen LogP contribution is -2.40. The average Bonchev–Trinajstić information content (AvgIpc) is 2.41. The van der Waals surface area contributed by atoms with Gasteiger partial charge in [0.05, 0.1) is 6.61 Å². The number of rotatable bonds is 14. The molecule has 0 aromatic carbocycles. The van der Waals surface area contributed by atoms with Crippen molar-refractivity contribution >= 4 is 10.2 Å². The summed E-state index contributed by atoms with van der Waals surface area (Å²) >= 11 is 0. The van der Waals surface area contributed by atoms with Gasteiger partial charge in [0.25, 0.3) is 10.2 Å². The lowest BCUT2D eigenvalue weighted by Gasteiger charge is -2.17. The van der Waals surface area contributed by atoms with Crippen LogP contribution in [0.5, 0.6) is 0 Å². The number of hydrogen-bond acceptors (Lipinski definition) is 4. The Morgan fingerprint density at radius 1 is 1.14 bits per heavy atom. The van der Waals surface area contributed by atoms with Crippen molar-refractivity contribution in [2.75, 3.05) is 46.4 Å². The molecule has 128 valence electrons. The molecular weight excluding hydrogens is 290 g/mol. The monoisotopic (exact) mass is 323 g/mol. The lowest BCUT2D eigenvalue weighted by atomic mass is 10.1. The van der Waals surface area contributed by atoms with Crippen LogP contribution < -0.4 is 10.0 Å². The van der Waals surface area contributed by atoms with E-state index in [-0.39, 0.29) is 0 Å². The third kappa shape index (κ3) is 12.1. The van der Waals surface area contributed by atoms with Crippen molar-refractivity contribution in [1.82, 2.24) is 14.3 Å². The minimum absolute atomic E-state index is 0.318. The maximum Gasteiger partial charge on any atom is 0.279 e. The largest absolute Gasteiger partial charge is 0.380 e. The third-order valence-electron chi connectivity index (χ3n) is 3.03. The Morgan fingerprint density at radius 3 is 2.48 bits per heavy atom. The van der Waals surface area contributed by atoms with E-state index >= 15 is 0 Å². The Bertz CT molecular complexity index is 334. The van der Waals surface area contributed by atoms with Crippen molar-refractivity contribution in [3.63, 3.8) is 0 Å². The second-order valence-corrected chi connectivity index (χ2v) is 7.48. The highest BCUT2D eigenvalue weighted by molar-refractivity contribution is 7.87. The minimum atomic E-state index is -3.38. The molecule has 0 radical (unpaired) electrons. The fourth-order valence-electron chi connectivity index (χ4n) is 1.62. The van der Waals surface area contributed by atoms with Crippen molar-refractivity contribution in [2.45, 2.75) is 40.0 Å². The van der Waals surface area contributed by atoms with Crippen LogP contribution in [0.2, 0.25) is 0 Å². The van der Waals surface area contributed by atoms with Crippen LogP contribution in [-0.4, -0.2) is 59.2 Å². The molecule has 0 aliphatic carbocycles. The maximum absolute atomic E-state index is 11.9. The zero-order valence-electron chi connectivity index (χ0n) is 14.0. The van der Waals surface area contributed by atoms with Gasteiger partial charge < -0.3 is 10.1 Å². The summed E-state index contributed by atoms with van der Waals surface area (Å²) in [6.07, 6.45) is 2.90. The zero-order valence-corrected chi connectivity index (χ0v) is 14.8. The first-order valence-corrected chi connectivity index (χ1v) is 9.33. The highest BCUT2D eigenvalue weighted by Gasteiger charge is 2.15. The molecule has 6 nitrogen and oxygen atoms in total. The summed E-state index contributed by atoms with van der Waals surface area (Å²) < 4.78 is 33.2. The van der Waals surface area contributed by atoms with Crippen molar-refractivity contribution in [1.29, 1.82) is 0 Å². The van der Waals surface area contributed by atoms with Gasteiger partial charge >= 0.3 is 0 Å². The van der Waals surface area contributed by atoms with E-state index in [1.165, 1.54) is 4.31 Å². The molecule has 7 heteroatoms. The zero-order chi connectivity index (χ0) is 16.1. The third-order valence-corrected chi connectivity index (χ3v) is 4.61. The van der Waals surface area contributed by atoms with Gasteiger partial charge in [0, 0.05) is 26.7 Å². The highest BCUT2D eigenvalue weighted by Crippen LogP contribution is 1.99. The van der Waals surface area contributed by atoms with Crippen LogP contribution in [0, 0.1) is 5.92 Å². The summed E-state index contributed by atoms with van der Waals surface area (Å²) in [5, 5.41) is 3.26. The molecular formula is C14H33N3O3S. The summed E-state index contributed by atoms with van der Waals surface area (Å²) in [6, 6.07) is 0. The van der Waals surface area contributed by atoms with Crippen molar-refractivity contribution in [3.8, 4) is 0 Å². The van der Waals surface area contributed by atoms with Gasteiger partial charge in [0.1, 0.15) is 0 Å². The summed E-state index contributed by atoms with van der Waals surface area (Å²) in [5.74, 6) is 0.606. The van der Waals surface area contributed by atoms with E-state index < -0.39 is 10.2 Å². The Labute approximate surface area is 130 Å². The van der Waals surface area contributed by atoms with Crippen molar-refractivity contribution in [3.05, 3.63) is 0 Å². The van der Waals surface area contributed by atoms with Gasteiger partial charge in [-0.3, -0.25) is 0 Å². The van der Waals surface area contributed by atoms with E-state index in [1.54, 1.807) is 7.05 Å². The molecule has 0 amide bonds. The topological polar surface area (TPSA) is 70.7 Å². The van der Waals surface area contributed by atoms with Crippen LogP contribution in [0.25, 0.3) is 0 Å². The van der Waals surface area contributed by atoms with Crippen molar-refractivity contribution < 1.29 is 13.2 Å². The van der Waals surface area contributed by atoms with E-state index in [0.29, 0.717) is 32.2 Å². The first-order valence-electron chi connectivity index (χ1n) is 7.89. The van der Waals surface area contributed by atoms with Crippen LogP contribution in [0.4, 0.5) is 0 Å². The van der Waals surface area contributed by atoms with E-state index in [1.807, 2.05) is 0 Å². The van der Waals surface area contributed by atoms with Crippen molar-refractivity contribution in [2.24, 2.45) is 5.92 Å². The van der Waals surface area contributed by atoms with E-state index in [2.05, 4.69) is 30.8 Å². The molecule has 0 heterocycles. The second kappa shape index (κ2) is 12.3. The summed E-state index contributed by atoms with van der Waals surface area (Å²) in [6.45, 7) is 10.1. The summed E-state index contributed by atoms with van der Waals surface area (Å²) in [7, 11) is -1.78. The molecule has 0 spiro atoms. The molecule has 0 saturated heterocycles. The molecule has 0 saturated carbocycles. The highest BCUT2D eigenvalue weighted by atomic mass is 32.2. The van der Waals surface area contributed by atoms with Crippen LogP contribution in [0.3, 0.4) is 0 Å². The van der Waals surface area contributed by atoms with Gasteiger partial charge in [-0.2, -0.15) is 17.4 Å². The number of nitrogens with zero attached hydrogens (tertiary/aromatic N) is 1. The Hall–Kier alpha value is -0.210. The fourth-order valence-corrected chi connectivity index (χ4v) is 2.55. The molecule has 0 aliphatic heterocycles. The molecule has 21 heavy (non-hydrogen) atoms. The number of ether oxygens (including phenoxy) is 1. The van der Waals surface area contributed by atoms with Crippen LogP contribution >= 0.6 is 0 Å². The van der Waals surface area contributed by atoms with E-state index in [9.17, 15) is 8.42 Å². The lowest BCUT2D eigenvalue weighted by molar-refractivity contribution is 0.128. The SMILES string of the molecule is CCCNCCCN(C)S(=O)(=O)NCCOCCC(C)C. The smallest absolute Gasteiger partial charge is 0.279 e. The van der Waals surface area contributed by atoms with Crippen LogP contribution in [0.1, 0.15) is 40.0 Å². The first-order chi connectivity index (χ1) is 9.90. The summed E-state index contributed by atoms with van der Waals surface area (Å²) in [4.78, 5) is 0. The molecule has 0 fully saturated rings. The first kappa shape index (κ1) is 20.8. The van der Waals surface area contributed by atoms with Gasteiger partial charge in [0.2, 0.25) is 0 Å². The van der Waals surface area contributed by atoms with E-state index in [0.717, 1.165) is 32.4 Å². The predicted octanol–water partition coefficient (Wildman–Crippen LogP) is 1.21. The van der Waals surface area contributed by atoms with Gasteiger partial charge in [0.15, 0.2) is 0 Å². The molecule has 0 rings (SSSR count). The Balaban J connectivity index is 3.70. The molecule has 0 aromatic heterocycles. The molecule has 0 bridgehead atoms. The van der Waals surface area contributed by atoms with E-state index in [4.69, 9.17) is 4.74 Å². The standard InChI is InChI=1S/C14H33N3O3S/c1-5-8-15-9-6-11-17(4)21(18,19)16-10-13-20-12-7-14(2)3/h14-16H,5-13H2,1-4H3. The Kier molecular flexibility index (Phi) is 12.2. The predicted molar refractivity (Wildman–Crippen MR) is 87.6 cm³/mol. The molecule has 0 unspecified atom stereocenters. The molecule has 2 N–H and O–H groups in total.